The van der Waals surface area contributed by atoms with Crippen LogP contribution in [0.15, 0.2) is 11.6 Å². The van der Waals surface area contributed by atoms with Crippen molar-refractivity contribution in [2.75, 3.05) is 26.2 Å². The molecule has 0 atom stereocenters. The zero-order valence-electron chi connectivity index (χ0n) is 12.4. The van der Waals surface area contributed by atoms with Crippen LogP contribution in [0.1, 0.15) is 16.5 Å². The summed E-state index contributed by atoms with van der Waals surface area (Å²) in [7, 11) is 1.96. The highest BCUT2D eigenvalue weighted by atomic mass is 35.5. The summed E-state index contributed by atoms with van der Waals surface area (Å²) in [6.45, 7) is 8.17. The highest BCUT2D eigenvalue weighted by Gasteiger charge is 2.19. The Morgan fingerprint density at radius 3 is 2.38 bits per heavy atom. The number of aromatic nitrogens is 3. The molecule has 0 aromatic carbocycles. The quantitative estimate of drug-likeness (QED) is 0.863. The van der Waals surface area contributed by atoms with Gasteiger partial charge in [0.2, 0.25) is 0 Å². The normalized spacial score (nSPS) is 17.5. The minimum Gasteiger partial charge on any atom is -0.321 e. The Bertz CT molecular complexity index is 600. The summed E-state index contributed by atoms with van der Waals surface area (Å²) in [6, 6.07) is 0. The molecular formula is C14H20ClN5S. The van der Waals surface area contributed by atoms with E-state index in [4.69, 9.17) is 11.6 Å². The van der Waals surface area contributed by atoms with Gasteiger partial charge in [-0.05, 0) is 6.92 Å². The topological polar surface area (TPSA) is 37.2 Å². The van der Waals surface area contributed by atoms with Crippen molar-refractivity contribution in [1.82, 2.24) is 24.3 Å². The molecule has 114 valence electrons. The molecule has 0 N–H and O–H groups in total. The highest BCUT2D eigenvalue weighted by Crippen LogP contribution is 2.15. The SMILES string of the molecule is Cc1nc(CN2CCN(Cc3ncc(Cl)n3C)CC2)cs1. The second-order valence-electron chi connectivity index (χ2n) is 5.47. The zero-order valence-corrected chi connectivity index (χ0v) is 14.0. The van der Waals surface area contributed by atoms with Gasteiger partial charge in [0.15, 0.2) is 0 Å². The molecule has 1 aliphatic heterocycles. The summed E-state index contributed by atoms with van der Waals surface area (Å²) >= 11 is 7.76. The Morgan fingerprint density at radius 2 is 1.86 bits per heavy atom. The van der Waals surface area contributed by atoms with Crippen LogP contribution in [-0.2, 0) is 20.1 Å². The summed E-state index contributed by atoms with van der Waals surface area (Å²) in [6.07, 6.45) is 1.72. The van der Waals surface area contributed by atoms with Crippen LogP contribution in [0.3, 0.4) is 0 Å². The number of imidazole rings is 1. The van der Waals surface area contributed by atoms with E-state index in [0.29, 0.717) is 5.15 Å². The van der Waals surface area contributed by atoms with Crippen molar-refractivity contribution in [3.63, 3.8) is 0 Å². The third kappa shape index (κ3) is 3.63. The lowest BCUT2D eigenvalue weighted by Crippen LogP contribution is -2.45. The van der Waals surface area contributed by atoms with E-state index >= 15 is 0 Å². The van der Waals surface area contributed by atoms with Crippen molar-refractivity contribution in [3.8, 4) is 0 Å². The van der Waals surface area contributed by atoms with Crippen molar-refractivity contribution < 1.29 is 0 Å². The molecule has 0 aliphatic carbocycles. The maximum absolute atomic E-state index is 6.03. The fraction of sp³-hybridized carbons (Fsp3) is 0.571. The van der Waals surface area contributed by atoms with Crippen LogP contribution in [0.5, 0.6) is 0 Å². The van der Waals surface area contributed by atoms with Gasteiger partial charge in [0.05, 0.1) is 23.4 Å². The van der Waals surface area contributed by atoms with Gasteiger partial charge in [-0.1, -0.05) is 11.6 Å². The van der Waals surface area contributed by atoms with E-state index in [1.54, 1.807) is 17.5 Å². The van der Waals surface area contributed by atoms with Gasteiger partial charge >= 0.3 is 0 Å². The third-order valence-electron chi connectivity index (χ3n) is 3.91. The molecule has 0 unspecified atom stereocenters. The number of hydrogen-bond donors (Lipinski definition) is 0. The standard InChI is InChI=1S/C14H20ClN5S/c1-11-17-12(10-21-11)8-19-3-5-20(6-4-19)9-14-16-7-13(15)18(14)2/h7,10H,3-6,8-9H2,1-2H3. The molecule has 1 saturated heterocycles. The van der Waals surface area contributed by atoms with Crippen molar-refractivity contribution >= 4 is 22.9 Å². The fourth-order valence-corrected chi connectivity index (χ4v) is 3.34. The van der Waals surface area contributed by atoms with Crippen LogP contribution in [0.4, 0.5) is 0 Å². The van der Waals surface area contributed by atoms with Crippen LogP contribution >= 0.6 is 22.9 Å². The largest absolute Gasteiger partial charge is 0.321 e. The van der Waals surface area contributed by atoms with E-state index in [1.165, 1.54) is 5.69 Å². The van der Waals surface area contributed by atoms with Crippen molar-refractivity contribution in [3.05, 3.63) is 33.3 Å². The van der Waals surface area contributed by atoms with E-state index in [0.717, 1.165) is 50.1 Å². The summed E-state index contributed by atoms with van der Waals surface area (Å²) in [5.41, 5.74) is 1.20. The number of thiazole rings is 1. The predicted molar refractivity (Wildman–Crippen MR) is 85.6 cm³/mol. The molecule has 3 heterocycles. The first-order chi connectivity index (χ1) is 10.1. The van der Waals surface area contributed by atoms with E-state index in [-0.39, 0.29) is 0 Å². The Kier molecular flexibility index (Phi) is 4.59. The van der Waals surface area contributed by atoms with Crippen LogP contribution < -0.4 is 0 Å². The number of nitrogens with zero attached hydrogens (tertiary/aromatic N) is 5. The Morgan fingerprint density at radius 1 is 1.19 bits per heavy atom. The van der Waals surface area contributed by atoms with Gasteiger partial charge in [-0.2, -0.15) is 0 Å². The molecule has 0 spiro atoms. The van der Waals surface area contributed by atoms with Gasteiger partial charge in [-0.25, -0.2) is 9.97 Å². The number of aryl methyl sites for hydroxylation is 1. The van der Waals surface area contributed by atoms with E-state index < -0.39 is 0 Å². The molecule has 3 rings (SSSR count). The summed E-state index contributed by atoms with van der Waals surface area (Å²) in [5.74, 6) is 1.03. The van der Waals surface area contributed by atoms with Gasteiger partial charge in [0.1, 0.15) is 11.0 Å². The fourth-order valence-electron chi connectivity index (χ4n) is 2.59. The number of hydrogen-bond acceptors (Lipinski definition) is 5. The summed E-state index contributed by atoms with van der Waals surface area (Å²) in [4.78, 5) is 13.8. The molecule has 2 aromatic heterocycles. The molecular weight excluding hydrogens is 306 g/mol. The van der Waals surface area contributed by atoms with Crippen LogP contribution in [-0.4, -0.2) is 50.5 Å². The predicted octanol–water partition coefficient (Wildman–Crippen LogP) is 2.16. The lowest BCUT2D eigenvalue weighted by Gasteiger charge is -2.34. The third-order valence-corrected chi connectivity index (χ3v) is 5.08. The van der Waals surface area contributed by atoms with E-state index in [1.807, 2.05) is 11.6 Å². The number of halogens is 1. The average Bonchev–Trinajstić information content (AvgIpc) is 3.01. The van der Waals surface area contributed by atoms with Crippen LogP contribution in [0.2, 0.25) is 5.15 Å². The minimum atomic E-state index is 0.697. The minimum absolute atomic E-state index is 0.697. The molecule has 0 amide bonds. The van der Waals surface area contributed by atoms with Gasteiger partial charge in [-0.15, -0.1) is 11.3 Å². The summed E-state index contributed by atoms with van der Waals surface area (Å²) < 4.78 is 1.95. The molecule has 21 heavy (non-hydrogen) atoms. The Balaban J connectivity index is 1.50. The molecule has 2 aromatic rings. The van der Waals surface area contributed by atoms with Crippen molar-refractivity contribution in [2.45, 2.75) is 20.0 Å². The van der Waals surface area contributed by atoms with E-state index in [2.05, 4.69) is 32.1 Å². The van der Waals surface area contributed by atoms with Crippen LogP contribution in [0.25, 0.3) is 0 Å². The van der Waals surface area contributed by atoms with Crippen LogP contribution in [0, 0.1) is 6.92 Å². The maximum Gasteiger partial charge on any atom is 0.128 e. The summed E-state index contributed by atoms with van der Waals surface area (Å²) in [5, 5.41) is 4.01. The lowest BCUT2D eigenvalue weighted by atomic mass is 10.3. The maximum atomic E-state index is 6.03. The number of piperazine rings is 1. The molecule has 1 fully saturated rings. The highest BCUT2D eigenvalue weighted by molar-refractivity contribution is 7.09. The van der Waals surface area contributed by atoms with Crippen molar-refractivity contribution in [2.24, 2.45) is 7.05 Å². The second kappa shape index (κ2) is 6.44. The zero-order chi connectivity index (χ0) is 14.8. The van der Waals surface area contributed by atoms with E-state index in [9.17, 15) is 0 Å². The first-order valence-corrected chi connectivity index (χ1v) is 8.39. The van der Waals surface area contributed by atoms with Gasteiger partial charge in [-0.3, -0.25) is 9.80 Å². The molecule has 5 nitrogen and oxygen atoms in total. The van der Waals surface area contributed by atoms with Gasteiger partial charge in [0.25, 0.3) is 0 Å². The number of rotatable bonds is 4. The molecule has 1 aliphatic rings. The molecule has 7 heteroatoms. The molecule has 0 saturated carbocycles. The Labute approximate surface area is 134 Å². The average molecular weight is 326 g/mol. The monoisotopic (exact) mass is 325 g/mol. The lowest BCUT2D eigenvalue weighted by molar-refractivity contribution is 0.118. The first kappa shape index (κ1) is 15.0. The first-order valence-electron chi connectivity index (χ1n) is 7.13. The van der Waals surface area contributed by atoms with Crippen molar-refractivity contribution in [1.29, 1.82) is 0 Å². The Hall–Kier alpha value is -0.950. The van der Waals surface area contributed by atoms with Gasteiger partial charge in [0, 0.05) is 45.2 Å². The molecule has 0 bridgehead atoms. The van der Waals surface area contributed by atoms with Gasteiger partial charge < -0.3 is 4.57 Å². The smallest absolute Gasteiger partial charge is 0.128 e. The second-order valence-corrected chi connectivity index (χ2v) is 6.92. The molecule has 0 radical (unpaired) electrons.